The molecular weight excluding hydrogens is 326 g/mol. The maximum absolute atomic E-state index is 12.9. The number of hydrogen-bond acceptors (Lipinski definition) is 4. The highest BCUT2D eigenvalue weighted by Gasteiger charge is 2.36. The van der Waals surface area contributed by atoms with Crippen LogP contribution in [0.4, 0.5) is 0 Å². The van der Waals surface area contributed by atoms with Gasteiger partial charge in [0.1, 0.15) is 0 Å². The number of nitrogens with zero attached hydrogens (tertiary/aromatic N) is 1. The van der Waals surface area contributed by atoms with E-state index in [1.54, 1.807) is 12.0 Å². The minimum Gasteiger partial charge on any atom is -0.383 e. The molecule has 1 amide bonds. The molecule has 0 aromatic heterocycles. The Hall–Kier alpha value is -1.40. The van der Waals surface area contributed by atoms with Crippen LogP contribution in [-0.2, 0) is 24.8 Å². The molecule has 1 fully saturated rings. The second-order valence-corrected chi connectivity index (χ2v) is 9.29. The third-order valence-corrected chi connectivity index (χ3v) is 6.40. The molecule has 0 bridgehead atoms. The van der Waals surface area contributed by atoms with E-state index in [1.165, 1.54) is 0 Å². The fraction of sp³-hybridized carbons (Fsp3) is 0.611. The van der Waals surface area contributed by atoms with Crippen LogP contribution < -0.4 is 0 Å². The van der Waals surface area contributed by atoms with Crippen LogP contribution in [0, 0.1) is 0 Å². The molecule has 0 N–H and O–H groups in total. The van der Waals surface area contributed by atoms with Gasteiger partial charge in [0, 0.05) is 26.1 Å². The molecule has 1 heterocycles. The van der Waals surface area contributed by atoms with Crippen molar-refractivity contribution in [2.45, 2.75) is 38.1 Å². The fourth-order valence-corrected chi connectivity index (χ4v) is 4.92. The van der Waals surface area contributed by atoms with E-state index in [0.717, 1.165) is 5.56 Å². The molecule has 1 aromatic carbocycles. The van der Waals surface area contributed by atoms with Crippen LogP contribution in [0.2, 0.25) is 0 Å². The van der Waals surface area contributed by atoms with Gasteiger partial charge in [-0.15, -0.1) is 0 Å². The van der Waals surface area contributed by atoms with Crippen LogP contribution in [0.15, 0.2) is 30.3 Å². The van der Waals surface area contributed by atoms with Gasteiger partial charge < -0.3 is 9.64 Å². The van der Waals surface area contributed by atoms with Gasteiger partial charge in [-0.05, 0) is 17.4 Å². The summed E-state index contributed by atoms with van der Waals surface area (Å²) < 4.78 is 28.7. The Labute approximate surface area is 144 Å². The number of carbonyl (C=O) groups is 1. The molecule has 1 aliphatic heterocycles. The van der Waals surface area contributed by atoms with Crippen molar-refractivity contribution in [1.29, 1.82) is 0 Å². The molecule has 2 rings (SSSR count). The maximum atomic E-state index is 12.9. The molecule has 5 nitrogen and oxygen atoms in total. The number of ether oxygens (including phenoxy) is 1. The van der Waals surface area contributed by atoms with Crippen LogP contribution in [0.25, 0.3) is 0 Å². The lowest BCUT2D eigenvalue weighted by Gasteiger charge is -2.32. The van der Waals surface area contributed by atoms with Gasteiger partial charge in [0.25, 0.3) is 0 Å². The van der Waals surface area contributed by atoms with Crippen LogP contribution in [0.1, 0.15) is 32.3 Å². The first-order chi connectivity index (χ1) is 11.2. The van der Waals surface area contributed by atoms with Crippen LogP contribution in [0.3, 0.4) is 0 Å². The highest BCUT2D eigenvalue weighted by Crippen LogP contribution is 2.29. The second-order valence-electron chi connectivity index (χ2n) is 7.06. The van der Waals surface area contributed by atoms with E-state index in [0.29, 0.717) is 26.0 Å². The molecule has 0 radical (unpaired) electrons. The monoisotopic (exact) mass is 353 g/mol. The lowest BCUT2D eigenvalue weighted by atomic mass is 9.81. The standard InChI is InChI=1S/C18H27NO4S/c1-18(2,15-7-5-4-6-8-15)13-17(20)19(10-11-23-3)16-9-12-24(21,22)14-16/h4-8,16H,9-14H2,1-3H3. The Bertz CT molecular complexity index is 655. The summed E-state index contributed by atoms with van der Waals surface area (Å²) in [5.74, 6) is 0.216. The SMILES string of the molecule is COCCN(C(=O)CC(C)(C)c1ccccc1)C1CCS(=O)(=O)C1. The summed E-state index contributed by atoms with van der Waals surface area (Å²) >= 11 is 0. The van der Waals surface area contributed by atoms with Gasteiger partial charge in [0.2, 0.25) is 5.91 Å². The van der Waals surface area contributed by atoms with Gasteiger partial charge in [-0.1, -0.05) is 44.2 Å². The average Bonchev–Trinajstić information content (AvgIpc) is 2.88. The molecule has 1 saturated heterocycles. The number of amides is 1. The Kier molecular flexibility index (Phi) is 6.04. The predicted octanol–water partition coefficient (Wildman–Crippen LogP) is 2.02. The second kappa shape index (κ2) is 7.66. The van der Waals surface area contributed by atoms with Gasteiger partial charge in [0.05, 0.1) is 18.1 Å². The average molecular weight is 353 g/mol. The van der Waals surface area contributed by atoms with E-state index >= 15 is 0 Å². The molecule has 1 unspecified atom stereocenters. The number of sulfone groups is 1. The third-order valence-electron chi connectivity index (χ3n) is 4.65. The van der Waals surface area contributed by atoms with Crippen LogP contribution in [-0.4, -0.2) is 57.0 Å². The summed E-state index contributed by atoms with van der Waals surface area (Å²) in [6, 6.07) is 9.70. The number of carbonyl (C=O) groups excluding carboxylic acids is 1. The molecule has 134 valence electrons. The van der Waals surface area contributed by atoms with E-state index in [-0.39, 0.29) is 28.9 Å². The normalized spacial score (nSPS) is 20.0. The Balaban J connectivity index is 2.13. The number of methoxy groups -OCH3 is 1. The highest BCUT2D eigenvalue weighted by molar-refractivity contribution is 7.91. The molecule has 6 heteroatoms. The Morgan fingerprint density at radius 1 is 1.29 bits per heavy atom. The lowest BCUT2D eigenvalue weighted by Crippen LogP contribution is -2.45. The first kappa shape index (κ1) is 18.9. The molecule has 1 atom stereocenters. The third kappa shape index (κ3) is 4.80. The van der Waals surface area contributed by atoms with E-state index in [1.807, 2.05) is 44.2 Å². The van der Waals surface area contributed by atoms with Crippen LogP contribution in [0.5, 0.6) is 0 Å². The van der Waals surface area contributed by atoms with Crippen molar-refractivity contribution >= 4 is 15.7 Å². The van der Waals surface area contributed by atoms with Crippen molar-refractivity contribution in [2.24, 2.45) is 0 Å². The quantitative estimate of drug-likeness (QED) is 0.752. The molecule has 0 saturated carbocycles. The van der Waals surface area contributed by atoms with Crippen molar-refractivity contribution in [1.82, 2.24) is 4.90 Å². The number of hydrogen-bond donors (Lipinski definition) is 0. The first-order valence-corrected chi connectivity index (χ1v) is 10.1. The van der Waals surface area contributed by atoms with Gasteiger partial charge in [-0.2, -0.15) is 0 Å². The van der Waals surface area contributed by atoms with E-state index in [4.69, 9.17) is 4.74 Å². The van der Waals surface area contributed by atoms with Crippen molar-refractivity contribution in [3.8, 4) is 0 Å². The zero-order valence-corrected chi connectivity index (χ0v) is 15.5. The largest absolute Gasteiger partial charge is 0.383 e. The van der Waals surface area contributed by atoms with Gasteiger partial charge in [-0.25, -0.2) is 8.42 Å². The summed E-state index contributed by atoms with van der Waals surface area (Å²) in [5.41, 5.74) is 0.797. The van der Waals surface area contributed by atoms with Crippen LogP contribution >= 0.6 is 0 Å². The molecule has 1 aliphatic rings. The van der Waals surface area contributed by atoms with Crippen molar-refractivity contribution in [3.05, 3.63) is 35.9 Å². The van der Waals surface area contributed by atoms with Gasteiger partial charge in [-0.3, -0.25) is 4.79 Å². The molecule has 0 aliphatic carbocycles. The Morgan fingerprint density at radius 2 is 1.96 bits per heavy atom. The minimum atomic E-state index is -3.03. The molecule has 1 aromatic rings. The van der Waals surface area contributed by atoms with E-state index in [9.17, 15) is 13.2 Å². The zero-order chi connectivity index (χ0) is 17.8. The number of rotatable bonds is 7. The number of benzene rings is 1. The minimum absolute atomic E-state index is 0.0111. The van der Waals surface area contributed by atoms with Crippen molar-refractivity contribution in [2.75, 3.05) is 31.8 Å². The van der Waals surface area contributed by atoms with Gasteiger partial charge in [0.15, 0.2) is 9.84 Å². The lowest BCUT2D eigenvalue weighted by molar-refractivity contribution is -0.135. The summed E-state index contributed by atoms with van der Waals surface area (Å²) in [6.07, 6.45) is 0.862. The summed E-state index contributed by atoms with van der Waals surface area (Å²) in [7, 11) is -1.44. The Morgan fingerprint density at radius 3 is 2.50 bits per heavy atom. The molecule has 0 spiro atoms. The topological polar surface area (TPSA) is 63.7 Å². The maximum Gasteiger partial charge on any atom is 0.223 e. The molecule has 24 heavy (non-hydrogen) atoms. The predicted molar refractivity (Wildman–Crippen MR) is 94.7 cm³/mol. The van der Waals surface area contributed by atoms with E-state index in [2.05, 4.69) is 0 Å². The first-order valence-electron chi connectivity index (χ1n) is 8.29. The molecular formula is C18H27NO4S. The van der Waals surface area contributed by atoms with Crippen molar-refractivity contribution in [3.63, 3.8) is 0 Å². The zero-order valence-electron chi connectivity index (χ0n) is 14.7. The fourth-order valence-electron chi connectivity index (χ4n) is 3.19. The summed E-state index contributed by atoms with van der Waals surface area (Å²) in [4.78, 5) is 14.6. The summed E-state index contributed by atoms with van der Waals surface area (Å²) in [5, 5.41) is 0. The highest BCUT2D eigenvalue weighted by atomic mass is 32.2. The summed E-state index contributed by atoms with van der Waals surface area (Å²) in [6.45, 7) is 4.93. The van der Waals surface area contributed by atoms with E-state index < -0.39 is 9.84 Å². The van der Waals surface area contributed by atoms with Gasteiger partial charge >= 0.3 is 0 Å². The van der Waals surface area contributed by atoms with Crippen molar-refractivity contribution < 1.29 is 17.9 Å². The smallest absolute Gasteiger partial charge is 0.223 e.